The van der Waals surface area contributed by atoms with Crippen molar-refractivity contribution >= 4 is 35.0 Å². The molecule has 0 aliphatic carbocycles. The quantitative estimate of drug-likeness (QED) is 0.510. The van der Waals surface area contributed by atoms with Crippen LogP contribution in [0.4, 0.5) is 24.5 Å². The molecule has 2 aliphatic heterocycles. The molecule has 33 heavy (non-hydrogen) atoms. The van der Waals surface area contributed by atoms with E-state index in [4.69, 9.17) is 0 Å². The van der Waals surface area contributed by atoms with Gasteiger partial charge in [0, 0.05) is 11.3 Å². The topological polar surface area (TPSA) is 40.6 Å². The van der Waals surface area contributed by atoms with Crippen LogP contribution in [0.2, 0.25) is 0 Å². The van der Waals surface area contributed by atoms with E-state index in [0.29, 0.717) is 22.5 Å². The summed E-state index contributed by atoms with van der Waals surface area (Å²) in [7, 11) is 0. The van der Waals surface area contributed by atoms with E-state index in [1.54, 1.807) is 24.3 Å². The highest BCUT2D eigenvalue weighted by atomic mass is 32.2. The maximum atomic E-state index is 14.0. The van der Waals surface area contributed by atoms with Crippen molar-refractivity contribution in [1.82, 2.24) is 0 Å². The minimum atomic E-state index is -4.47. The minimum absolute atomic E-state index is 0.0298. The first-order chi connectivity index (χ1) is 15.7. The summed E-state index contributed by atoms with van der Waals surface area (Å²) in [6.45, 7) is 1.91. The van der Waals surface area contributed by atoms with E-state index in [2.05, 4.69) is 0 Å². The van der Waals surface area contributed by atoms with Crippen molar-refractivity contribution in [1.29, 1.82) is 0 Å². The first-order valence-corrected chi connectivity index (χ1v) is 11.3. The van der Waals surface area contributed by atoms with Gasteiger partial charge < -0.3 is 4.90 Å². The van der Waals surface area contributed by atoms with Gasteiger partial charge in [0.15, 0.2) is 0 Å². The second-order valence-electron chi connectivity index (χ2n) is 8.10. The number of rotatable bonds is 3. The summed E-state index contributed by atoms with van der Waals surface area (Å²) in [5.74, 6) is -0.392. The number of alkyl halides is 3. The average Bonchev–Trinajstić information content (AvgIpc) is 3.25. The number of thioether (sulfide) groups is 1. The number of anilines is 2. The number of para-hydroxylation sites is 1. The molecule has 4 nitrogen and oxygen atoms in total. The van der Waals surface area contributed by atoms with Crippen LogP contribution in [0.25, 0.3) is 0 Å². The second kappa shape index (κ2) is 7.66. The van der Waals surface area contributed by atoms with Gasteiger partial charge in [0.2, 0.25) is 10.8 Å². The molecule has 5 rings (SSSR count). The number of aryl methyl sites for hydroxylation is 1. The molecule has 0 radical (unpaired) electrons. The zero-order valence-electron chi connectivity index (χ0n) is 17.6. The lowest BCUT2D eigenvalue weighted by molar-refractivity contribution is -0.137. The fourth-order valence-corrected chi connectivity index (χ4v) is 5.79. The van der Waals surface area contributed by atoms with E-state index in [1.165, 1.54) is 27.6 Å². The maximum Gasteiger partial charge on any atom is 0.416 e. The molecule has 2 heterocycles. The third-order valence-electron chi connectivity index (χ3n) is 5.95. The Morgan fingerprint density at radius 1 is 0.970 bits per heavy atom. The Bertz CT molecular complexity index is 1260. The molecule has 1 spiro atoms. The smallest absolute Gasteiger partial charge is 0.304 e. The summed E-state index contributed by atoms with van der Waals surface area (Å²) in [5.41, 5.74) is 2.50. The number of nitrogens with zero attached hydrogens (tertiary/aromatic N) is 2. The van der Waals surface area contributed by atoms with Gasteiger partial charge in [-0.1, -0.05) is 48.0 Å². The Balaban J connectivity index is 1.60. The van der Waals surface area contributed by atoms with E-state index in [9.17, 15) is 22.8 Å². The van der Waals surface area contributed by atoms with Crippen molar-refractivity contribution in [3.05, 3.63) is 95.1 Å². The zero-order valence-corrected chi connectivity index (χ0v) is 18.4. The molecular formula is C25H19F3N2O2S. The number of carbonyl (C=O) groups excluding carboxylic acids is 2. The molecule has 8 heteroatoms. The fraction of sp³-hybridized carbons (Fsp3) is 0.200. The highest BCUT2D eigenvalue weighted by Crippen LogP contribution is 2.56. The lowest BCUT2D eigenvalue weighted by Crippen LogP contribution is -2.49. The lowest BCUT2D eigenvalue weighted by Gasteiger charge is -2.33. The van der Waals surface area contributed by atoms with Crippen LogP contribution in [0.3, 0.4) is 0 Å². The molecule has 0 N–H and O–H groups in total. The van der Waals surface area contributed by atoms with Crippen LogP contribution in [-0.2, 0) is 27.2 Å². The van der Waals surface area contributed by atoms with Crippen LogP contribution in [0.15, 0.2) is 72.8 Å². The van der Waals surface area contributed by atoms with Crippen LogP contribution in [0, 0.1) is 6.92 Å². The number of hydrogen-bond donors (Lipinski definition) is 0. The van der Waals surface area contributed by atoms with Gasteiger partial charge in [-0.15, -0.1) is 11.8 Å². The predicted octanol–water partition coefficient (Wildman–Crippen LogP) is 5.49. The summed E-state index contributed by atoms with van der Waals surface area (Å²) in [6, 6.07) is 19.5. The van der Waals surface area contributed by atoms with Gasteiger partial charge >= 0.3 is 6.18 Å². The molecule has 3 aromatic carbocycles. The largest absolute Gasteiger partial charge is 0.416 e. The number of hydrogen-bond acceptors (Lipinski definition) is 3. The van der Waals surface area contributed by atoms with Crippen LogP contribution in [-0.4, -0.2) is 17.6 Å². The van der Waals surface area contributed by atoms with Gasteiger partial charge in [-0.3, -0.25) is 14.5 Å². The molecule has 2 aliphatic rings. The van der Waals surface area contributed by atoms with Gasteiger partial charge in [0.1, 0.15) is 0 Å². The molecule has 1 atom stereocenters. The van der Waals surface area contributed by atoms with Crippen molar-refractivity contribution in [3.63, 3.8) is 0 Å². The Hall–Kier alpha value is -3.26. The van der Waals surface area contributed by atoms with Crippen LogP contribution >= 0.6 is 11.8 Å². The Kier molecular flexibility index (Phi) is 5.01. The molecule has 168 valence electrons. The van der Waals surface area contributed by atoms with Gasteiger partial charge in [0.05, 0.1) is 23.5 Å². The highest BCUT2D eigenvalue weighted by Gasteiger charge is 2.60. The monoisotopic (exact) mass is 468 g/mol. The first-order valence-electron chi connectivity index (χ1n) is 10.3. The number of fused-ring (bicyclic) bond motifs is 2. The molecule has 3 aromatic rings. The summed E-state index contributed by atoms with van der Waals surface area (Å²) in [5, 5.41) is 0. The highest BCUT2D eigenvalue weighted by molar-refractivity contribution is 8.02. The van der Waals surface area contributed by atoms with E-state index in [0.717, 1.165) is 17.7 Å². The number of amides is 2. The third-order valence-corrected chi connectivity index (χ3v) is 7.34. The van der Waals surface area contributed by atoms with E-state index in [1.807, 2.05) is 37.3 Å². The van der Waals surface area contributed by atoms with Crippen molar-refractivity contribution < 1.29 is 22.8 Å². The van der Waals surface area contributed by atoms with Gasteiger partial charge in [-0.25, -0.2) is 0 Å². The molecule has 2 amide bonds. The van der Waals surface area contributed by atoms with Gasteiger partial charge in [-0.2, -0.15) is 13.2 Å². The Morgan fingerprint density at radius 3 is 2.42 bits per heavy atom. The van der Waals surface area contributed by atoms with Crippen molar-refractivity contribution in [2.75, 3.05) is 15.6 Å². The SMILES string of the molecule is Cc1ccc(N2C(=O)CS[C@@]23C(=O)N(Cc2cccc(C(F)(F)F)c2)c2ccccc23)cc1. The predicted molar refractivity (Wildman–Crippen MR) is 122 cm³/mol. The average molecular weight is 469 g/mol. The maximum absolute atomic E-state index is 14.0. The van der Waals surface area contributed by atoms with Crippen molar-refractivity contribution in [3.8, 4) is 0 Å². The van der Waals surface area contributed by atoms with Crippen molar-refractivity contribution in [2.45, 2.75) is 24.5 Å². The normalized spacial score (nSPS) is 20.1. The van der Waals surface area contributed by atoms with Crippen LogP contribution < -0.4 is 9.80 Å². The van der Waals surface area contributed by atoms with Crippen LogP contribution in [0.5, 0.6) is 0 Å². The molecule has 0 bridgehead atoms. The summed E-state index contributed by atoms with van der Waals surface area (Å²) >= 11 is 1.25. The fourth-order valence-electron chi connectivity index (χ4n) is 4.43. The second-order valence-corrected chi connectivity index (χ2v) is 9.27. The van der Waals surface area contributed by atoms with Crippen LogP contribution in [0.1, 0.15) is 22.3 Å². The summed E-state index contributed by atoms with van der Waals surface area (Å²) < 4.78 is 39.7. The first kappa shape index (κ1) is 21.6. The molecule has 0 aromatic heterocycles. The summed E-state index contributed by atoms with van der Waals surface area (Å²) in [4.78, 5) is 28.7. The van der Waals surface area contributed by atoms with Gasteiger partial charge in [0.25, 0.3) is 5.91 Å². The molecular weight excluding hydrogens is 449 g/mol. The zero-order chi connectivity index (χ0) is 23.4. The van der Waals surface area contributed by atoms with E-state index in [-0.39, 0.29) is 24.1 Å². The number of benzene rings is 3. The van der Waals surface area contributed by atoms with Crippen molar-refractivity contribution in [2.24, 2.45) is 0 Å². The number of carbonyl (C=O) groups is 2. The molecule has 0 unspecified atom stereocenters. The number of halogens is 3. The standard InChI is InChI=1S/C25H19F3N2O2S/c1-16-9-11-19(12-10-16)30-22(31)15-33-24(30)20-7-2-3-8-21(20)29(23(24)32)14-17-5-4-6-18(13-17)25(26,27)28/h2-13H,14-15H2,1H3/t24-/m0/s1. The Morgan fingerprint density at radius 2 is 1.70 bits per heavy atom. The molecule has 1 saturated heterocycles. The Labute approximate surface area is 193 Å². The lowest BCUT2D eigenvalue weighted by atomic mass is 10.0. The summed E-state index contributed by atoms with van der Waals surface area (Å²) in [6.07, 6.45) is -4.47. The van der Waals surface area contributed by atoms with E-state index < -0.39 is 16.6 Å². The third kappa shape index (κ3) is 3.40. The van der Waals surface area contributed by atoms with Gasteiger partial charge in [-0.05, 0) is 42.8 Å². The molecule has 0 saturated carbocycles. The van der Waals surface area contributed by atoms with E-state index >= 15 is 0 Å². The molecule has 1 fully saturated rings. The minimum Gasteiger partial charge on any atom is -0.304 e.